The Labute approximate surface area is 284 Å². The predicted molar refractivity (Wildman–Crippen MR) is 208 cm³/mol. The summed E-state index contributed by atoms with van der Waals surface area (Å²) in [6.07, 6.45) is 0. The minimum Gasteiger partial charge on any atom is -0.310 e. The number of anilines is 3. The number of benzene rings is 8. The lowest BCUT2D eigenvalue weighted by atomic mass is 9.99. The van der Waals surface area contributed by atoms with Gasteiger partial charge in [0.15, 0.2) is 0 Å². The SMILES string of the molecule is c1ccc(-c2ccc(N(c3ccc(-c4cccc5c4sc4ccc6ccccc6c45)cc3)c3cccc(-c4ccccc4)c3)cc2)cc1. The van der Waals surface area contributed by atoms with Gasteiger partial charge in [0.2, 0.25) is 0 Å². The first kappa shape index (κ1) is 28.3. The quantitative estimate of drug-likeness (QED) is 0.177. The Morgan fingerprint density at radius 1 is 0.354 bits per heavy atom. The fraction of sp³-hybridized carbons (Fsp3) is 0. The maximum absolute atomic E-state index is 2.36. The predicted octanol–water partition coefficient (Wildman–Crippen LogP) is 13.7. The number of hydrogen-bond acceptors (Lipinski definition) is 2. The van der Waals surface area contributed by atoms with E-state index in [9.17, 15) is 0 Å². The van der Waals surface area contributed by atoms with Crippen LogP contribution in [0, 0.1) is 0 Å². The molecule has 0 N–H and O–H groups in total. The highest BCUT2D eigenvalue weighted by molar-refractivity contribution is 7.26. The molecule has 9 rings (SSSR count). The van der Waals surface area contributed by atoms with Crippen molar-refractivity contribution >= 4 is 59.3 Å². The van der Waals surface area contributed by atoms with Gasteiger partial charge in [-0.3, -0.25) is 0 Å². The monoisotopic (exact) mass is 629 g/mol. The van der Waals surface area contributed by atoms with E-state index in [-0.39, 0.29) is 0 Å². The van der Waals surface area contributed by atoms with Crippen LogP contribution in [0.2, 0.25) is 0 Å². The Morgan fingerprint density at radius 3 is 1.65 bits per heavy atom. The van der Waals surface area contributed by atoms with Crippen LogP contribution in [0.25, 0.3) is 64.3 Å². The second-order valence-corrected chi connectivity index (χ2v) is 13.2. The molecule has 0 aliphatic carbocycles. The minimum absolute atomic E-state index is 1.12. The molecule has 0 bridgehead atoms. The van der Waals surface area contributed by atoms with Crippen molar-refractivity contribution < 1.29 is 0 Å². The van der Waals surface area contributed by atoms with Gasteiger partial charge in [-0.05, 0) is 86.6 Å². The van der Waals surface area contributed by atoms with Crippen LogP contribution in [0.15, 0.2) is 188 Å². The third-order valence-electron chi connectivity index (χ3n) is 9.27. The second-order valence-electron chi connectivity index (χ2n) is 12.2. The summed E-state index contributed by atoms with van der Waals surface area (Å²) in [5.74, 6) is 0. The van der Waals surface area contributed by atoms with Crippen LogP contribution in [0.5, 0.6) is 0 Å². The molecule has 0 saturated carbocycles. The first-order valence-corrected chi connectivity index (χ1v) is 17.2. The van der Waals surface area contributed by atoms with Gasteiger partial charge in [0.1, 0.15) is 0 Å². The zero-order valence-electron chi connectivity index (χ0n) is 26.3. The van der Waals surface area contributed by atoms with Crippen LogP contribution in [0.1, 0.15) is 0 Å². The molecule has 1 heterocycles. The van der Waals surface area contributed by atoms with E-state index >= 15 is 0 Å². The first-order chi connectivity index (χ1) is 23.8. The smallest absolute Gasteiger partial charge is 0.0467 e. The van der Waals surface area contributed by atoms with E-state index in [1.54, 1.807) is 0 Å². The van der Waals surface area contributed by atoms with Crippen molar-refractivity contribution in [1.82, 2.24) is 0 Å². The van der Waals surface area contributed by atoms with E-state index in [0.717, 1.165) is 17.1 Å². The molecule has 0 spiro atoms. The molecule has 9 aromatic rings. The molecule has 0 radical (unpaired) electrons. The molecule has 0 unspecified atom stereocenters. The van der Waals surface area contributed by atoms with Crippen molar-refractivity contribution in [3.63, 3.8) is 0 Å². The molecule has 1 nitrogen and oxygen atoms in total. The first-order valence-electron chi connectivity index (χ1n) is 16.3. The highest BCUT2D eigenvalue weighted by Gasteiger charge is 2.16. The molecule has 226 valence electrons. The summed E-state index contributed by atoms with van der Waals surface area (Å²) in [6, 6.07) is 68.0. The molecular formula is C46H31NS. The van der Waals surface area contributed by atoms with Crippen LogP contribution >= 0.6 is 11.3 Å². The van der Waals surface area contributed by atoms with Gasteiger partial charge in [-0.2, -0.15) is 0 Å². The summed E-state index contributed by atoms with van der Waals surface area (Å²) in [5.41, 5.74) is 10.7. The Hall–Kier alpha value is -5.96. The maximum atomic E-state index is 2.36. The fourth-order valence-corrected chi connectivity index (χ4v) is 8.18. The molecule has 0 aliphatic rings. The third-order valence-corrected chi connectivity index (χ3v) is 10.5. The number of fused-ring (bicyclic) bond motifs is 5. The van der Waals surface area contributed by atoms with Crippen LogP contribution in [0.3, 0.4) is 0 Å². The van der Waals surface area contributed by atoms with Crippen molar-refractivity contribution in [3.8, 4) is 33.4 Å². The largest absolute Gasteiger partial charge is 0.310 e. The average molecular weight is 630 g/mol. The molecular weight excluding hydrogens is 599 g/mol. The van der Waals surface area contributed by atoms with Crippen molar-refractivity contribution in [2.75, 3.05) is 4.90 Å². The summed E-state index contributed by atoms with van der Waals surface area (Å²) in [5, 5.41) is 5.29. The Bertz CT molecular complexity index is 2530. The van der Waals surface area contributed by atoms with Gasteiger partial charge in [0.05, 0.1) is 0 Å². The van der Waals surface area contributed by atoms with Crippen molar-refractivity contribution in [2.45, 2.75) is 0 Å². The highest BCUT2D eigenvalue weighted by atomic mass is 32.1. The molecule has 2 heteroatoms. The molecule has 0 amide bonds. The molecule has 0 saturated heterocycles. The zero-order chi connectivity index (χ0) is 31.9. The minimum atomic E-state index is 1.12. The van der Waals surface area contributed by atoms with Gasteiger partial charge in [0.25, 0.3) is 0 Å². The topological polar surface area (TPSA) is 3.24 Å². The van der Waals surface area contributed by atoms with Crippen LogP contribution in [-0.4, -0.2) is 0 Å². The van der Waals surface area contributed by atoms with Gasteiger partial charge < -0.3 is 4.90 Å². The number of nitrogens with zero attached hydrogens (tertiary/aromatic N) is 1. The van der Waals surface area contributed by atoms with E-state index < -0.39 is 0 Å². The normalized spacial score (nSPS) is 11.3. The van der Waals surface area contributed by atoms with Crippen molar-refractivity contribution in [3.05, 3.63) is 188 Å². The van der Waals surface area contributed by atoms with Crippen molar-refractivity contribution in [2.24, 2.45) is 0 Å². The summed E-state index contributed by atoms with van der Waals surface area (Å²) in [7, 11) is 0. The summed E-state index contributed by atoms with van der Waals surface area (Å²) >= 11 is 1.89. The van der Waals surface area contributed by atoms with Gasteiger partial charge in [0, 0.05) is 37.2 Å². The summed E-state index contributed by atoms with van der Waals surface area (Å²) in [6.45, 7) is 0. The maximum Gasteiger partial charge on any atom is 0.0467 e. The summed E-state index contributed by atoms with van der Waals surface area (Å²) < 4.78 is 2.66. The second kappa shape index (κ2) is 12.0. The molecule has 8 aromatic carbocycles. The number of hydrogen-bond donors (Lipinski definition) is 0. The lowest BCUT2D eigenvalue weighted by Crippen LogP contribution is -2.10. The van der Waals surface area contributed by atoms with E-state index in [1.165, 1.54) is 64.3 Å². The van der Waals surface area contributed by atoms with Gasteiger partial charge in [-0.15, -0.1) is 11.3 Å². The zero-order valence-corrected chi connectivity index (χ0v) is 27.1. The summed E-state index contributed by atoms with van der Waals surface area (Å²) in [4.78, 5) is 2.36. The average Bonchev–Trinajstić information content (AvgIpc) is 3.56. The lowest BCUT2D eigenvalue weighted by molar-refractivity contribution is 1.28. The van der Waals surface area contributed by atoms with Crippen LogP contribution in [0.4, 0.5) is 17.1 Å². The van der Waals surface area contributed by atoms with Crippen LogP contribution in [-0.2, 0) is 0 Å². The van der Waals surface area contributed by atoms with Crippen LogP contribution < -0.4 is 4.90 Å². The lowest BCUT2D eigenvalue weighted by Gasteiger charge is -2.26. The van der Waals surface area contributed by atoms with E-state index in [0.29, 0.717) is 0 Å². The van der Waals surface area contributed by atoms with E-state index in [1.807, 2.05) is 11.3 Å². The number of thiophene rings is 1. The van der Waals surface area contributed by atoms with E-state index in [4.69, 9.17) is 0 Å². The Morgan fingerprint density at radius 2 is 0.917 bits per heavy atom. The van der Waals surface area contributed by atoms with Gasteiger partial charge in [-0.1, -0.05) is 146 Å². The highest BCUT2D eigenvalue weighted by Crippen LogP contribution is 2.44. The van der Waals surface area contributed by atoms with E-state index in [2.05, 4.69) is 193 Å². The fourth-order valence-electron chi connectivity index (χ4n) is 6.92. The Kier molecular flexibility index (Phi) is 7.07. The molecule has 0 aliphatic heterocycles. The Balaban J connectivity index is 1.15. The molecule has 48 heavy (non-hydrogen) atoms. The molecule has 1 aromatic heterocycles. The van der Waals surface area contributed by atoms with Gasteiger partial charge in [-0.25, -0.2) is 0 Å². The van der Waals surface area contributed by atoms with Gasteiger partial charge >= 0.3 is 0 Å². The standard InChI is InChI=1S/C46H31NS/c1-3-11-32(12-4-1)34-21-26-38(27-22-34)47(40-17-9-16-37(31-40)33-13-5-2-6-14-33)39-28-23-36(24-29-39)42-19-10-20-43-45-41-18-8-7-15-35(41)25-30-44(45)48-46(42)43/h1-31H. The number of rotatable bonds is 6. The third kappa shape index (κ3) is 5.04. The molecule has 0 atom stereocenters. The van der Waals surface area contributed by atoms with Crippen molar-refractivity contribution in [1.29, 1.82) is 0 Å². The molecule has 0 fully saturated rings.